The van der Waals surface area contributed by atoms with Crippen LogP contribution >= 0.6 is 0 Å². The van der Waals surface area contributed by atoms with Crippen molar-refractivity contribution in [3.05, 3.63) is 155 Å². The molecule has 46 heavy (non-hydrogen) atoms. The Kier molecular flexibility index (Phi) is 5.95. The zero-order valence-electron chi connectivity index (χ0n) is 24.1. The van der Waals surface area contributed by atoms with Gasteiger partial charge >= 0.3 is 0 Å². The molecule has 0 heterocycles. The minimum Gasteiger partial charge on any atom is -0.507 e. The lowest BCUT2D eigenvalue weighted by Gasteiger charge is -2.22. The van der Waals surface area contributed by atoms with Gasteiger partial charge in [-0.2, -0.15) is 0 Å². The van der Waals surface area contributed by atoms with Crippen LogP contribution in [-0.4, -0.2) is 33.3 Å². The van der Waals surface area contributed by atoms with Crippen molar-refractivity contribution in [3.8, 4) is 22.6 Å². The molecule has 0 unspecified atom stereocenters. The monoisotopic (exact) mass is 598 g/mol. The number of allylic oxidation sites excluding steroid dienone is 4. The molecular formula is C40H22O6. The number of carbonyl (C=O) groups excluding carboxylic acids is 4. The van der Waals surface area contributed by atoms with Crippen molar-refractivity contribution in [1.82, 2.24) is 0 Å². The number of hydrogen-bond donors (Lipinski definition) is 2. The highest BCUT2D eigenvalue weighted by atomic mass is 16.3. The molecule has 0 spiro atoms. The number of carbonyl (C=O) groups is 4. The Labute approximate surface area is 262 Å². The normalized spacial score (nSPS) is 14.3. The Morgan fingerprint density at radius 3 is 1.15 bits per heavy atom. The van der Waals surface area contributed by atoms with Gasteiger partial charge in [-0.1, -0.05) is 97.1 Å². The van der Waals surface area contributed by atoms with E-state index in [2.05, 4.69) is 0 Å². The third kappa shape index (κ3) is 3.90. The van der Waals surface area contributed by atoms with E-state index in [1.165, 1.54) is 12.2 Å². The maximum atomic E-state index is 13.7. The van der Waals surface area contributed by atoms with Gasteiger partial charge in [0, 0.05) is 55.7 Å². The lowest BCUT2D eigenvalue weighted by atomic mass is 9.81. The van der Waals surface area contributed by atoms with Gasteiger partial charge in [0.15, 0.2) is 23.1 Å². The van der Waals surface area contributed by atoms with Crippen LogP contribution in [0.4, 0.5) is 0 Å². The number of phenolic OH excluding ortho intramolecular Hbond substituents is 2. The molecule has 8 rings (SSSR count). The zero-order valence-corrected chi connectivity index (χ0v) is 24.1. The van der Waals surface area contributed by atoms with E-state index in [0.29, 0.717) is 21.5 Å². The summed E-state index contributed by atoms with van der Waals surface area (Å²) >= 11 is 0. The van der Waals surface area contributed by atoms with Gasteiger partial charge in [-0.15, -0.1) is 0 Å². The molecular weight excluding hydrogens is 576 g/mol. The fraction of sp³-hybridized carbons (Fsp3) is 0. The fourth-order valence-corrected chi connectivity index (χ4v) is 6.62. The van der Waals surface area contributed by atoms with Crippen LogP contribution in [0, 0.1) is 0 Å². The van der Waals surface area contributed by atoms with E-state index in [-0.39, 0.29) is 78.7 Å². The Balaban J connectivity index is 1.43. The molecule has 0 radical (unpaired) electrons. The molecule has 218 valence electrons. The molecule has 0 saturated carbocycles. The van der Waals surface area contributed by atoms with Gasteiger partial charge in [0.05, 0.1) is 0 Å². The number of phenols is 2. The van der Waals surface area contributed by atoms with Crippen molar-refractivity contribution in [3.63, 3.8) is 0 Å². The van der Waals surface area contributed by atoms with Gasteiger partial charge in [-0.25, -0.2) is 0 Å². The molecule has 6 heteroatoms. The lowest BCUT2D eigenvalue weighted by molar-refractivity contribution is 0.100. The summed E-state index contributed by atoms with van der Waals surface area (Å²) in [6.07, 6.45) is 2.47. The Bertz CT molecular complexity index is 2290. The van der Waals surface area contributed by atoms with Gasteiger partial charge in [-0.3, -0.25) is 19.2 Å². The maximum Gasteiger partial charge on any atom is 0.194 e. The first-order valence-electron chi connectivity index (χ1n) is 14.6. The Hall–Kier alpha value is -6.40. The summed E-state index contributed by atoms with van der Waals surface area (Å²) < 4.78 is 0. The number of rotatable bonds is 3. The zero-order chi connectivity index (χ0) is 31.7. The standard InChI is InChI=1S/C40H22O6/c41-33-19-31(37(43)27-15-7-5-13-25(27)33)29-17-21-9-1-3-11-23(21)35(39(29)45)36-24-12-4-2-10-22(24)18-30(40(36)46)32-20-34(42)26-14-6-8-16-28(26)38(32)44/h1-20,45-46H. The summed E-state index contributed by atoms with van der Waals surface area (Å²) in [6.45, 7) is 0. The summed E-state index contributed by atoms with van der Waals surface area (Å²) in [4.78, 5) is 53.7. The van der Waals surface area contributed by atoms with Crippen LogP contribution in [0.2, 0.25) is 0 Å². The first-order valence-corrected chi connectivity index (χ1v) is 14.6. The second kappa shape index (κ2) is 10.1. The van der Waals surface area contributed by atoms with Gasteiger partial charge in [0.25, 0.3) is 0 Å². The van der Waals surface area contributed by atoms with Crippen molar-refractivity contribution >= 4 is 55.8 Å². The molecule has 0 saturated heterocycles. The van der Waals surface area contributed by atoms with Crippen molar-refractivity contribution < 1.29 is 29.4 Å². The summed E-state index contributed by atoms with van der Waals surface area (Å²) in [5.41, 5.74) is 1.81. The quantitative estimate of drug-likeness (QED) is 0.214. The molecule has 6 aromatic rings. The van der Waals surface area contributed by atoms with Crippen LogP contribution in [0.25, 0.3) is 43.8 Å². The van der Waals surface area contributed by atoms with Gasteiger partial charge < -0.3 is 10.2 Å². The maximum absolute atomic E-state index is 13.7. The molecule has 2 aliphatic carbocycles. The predicted octanol–water partition coefficient (Wildman–Crippen LogP) is 8.00. The highest BCUT2D eigenvalue weighted by molar-refractivity contribution is 6.40. The van der Waals surface area contributed by atoms with E-state index >= 15 is 0 Å². The molecule has 2 N–H and O–H groups in total. The van der Waals surface area contributed by atoms with Crippen LogP contribution in [-0.2, 0) is 0 Å². The smallest absolute Gasteiger partial charge is 0.194 e. The number of aromatic hydroxyl groups is 2. The summed E-state index contributed by atoms with van der Waals surface area (Å²) in [7, 11) is 0. The molecule has 0 aromatic heterocycles. The number of ketones is 4. The van der Waals surface area contributed by atoms with Crippen LogP contribution < -0.4 is 0 Å². The van der Waals surface area contributed by atoms with Gasteiger partial charge in [-0.05, 0) is 45.8 Å². The molecule has 0 fully saturated rings. The lowest BCUT2D eigenvalue weighted by Crippen LogP contribution is -2.16. The first kappa shape index (κ1) is 27.2. The minimum atomic E-state index is -0.412. The number of hydrogen-bond acceptors (Lipinski definition) is 6. The molecule has 0 bridgehead atoms. The Morgan fingerprint density at radius 2 is 0.739 bits per heavy atom. The predicted molar refractivity (Wildman–Crippen MR) is 176 cm³/mol. The van der Waals surface area contributed by atoms with Crippen molar-refractivity contribution in [1.29, 1.82) is 0 Å². The first-order chi connectivity index (χ1) is 22.3. The average Bonchev–Trinajstić information content (AvgIpc) is 3.08. The van der Waals surface area contributed by atoms with Crippen LogP contribution in [0.5, 0.6) is 11.5 Å². The highest BCUT2D eigenvalue weighted by Gasteiger charge is 2.32. The van der Waals surface area contributed by atoms with E-state index in [1.54, 1.807) is 84.9 Å². The van der Waals surface area contributed by atoms with Crippen molar-refractivity contribution in [2.45, 2.75) is 0 Å². The van der Waals surface area contributed by atoms with E-state index < -0.39 is 11.6 Å². The molecule has 6 aromatic carbocycles. The van der Waals surface area contributed by atoms with Crippen LogP contribution in [0.1, 0.15) is 52.6 Å². The van der Waals surface area contributed by atoms with E-state index in [1.807, 2.05) is 24.3 Å². The molecule has 2 aliphatic rings. The van der Waals surface area contributed by atoms with E-state index in [4.69, 9.17) is 0 Å². The summed E-state index contributed by atoms with van der Waals surface area (Å²) in [6, 6.07) is 30.8. The fourth-order valence-electron chi connectivity index (χ4n) is 6.62. The topological polar surface area (TPSA) is 109 Å². The molecule has 0 aliphatic heterocycles. The minimum absolute atomic E-state index is 0.0283. The van der Waals surface area contributed by atoms with Gasteiger partial charge in [0.1, 0.15) is 11.5 Å². The van der Waals surface area contributed by atoms with Crippen LogP contribution in [0.3, 0.4) is 0 Å². The largest absolute Gasteiger partial charge is 0.507 e. The number of Topliss-reactive ketones (excluding diaryl/α,β-unsaturated/α-hetero) is 2. The second-order valence-corrected chi connectivity index (χ2v) is 11.3. The van der Waals surface area contributed by atoms with Gasteiger partial charge in [0.2, 0.25) is 0 Å². The number of benzene rings is 6. The van der Waals surface area contributed by atoms with Crippen LogP contribution in [0.15, 0.2) is 121 Å². The average molecular weight is 599 g/mol. The van der Waals surface area contributed by atoms with Crippen molar-refractivity contribution in [2.24, 2.45) is 0 Å². The third-order valence-electron chi connectivity index (χ3n) is 8.79. The third-order valence-corrected chi connectivity index (χ3v) is 8.79. The van der Waals surface area contributed by atoms with Crippen molar-refractivity contribution in [2.75, 3.05) is 0 Å². The highest BCUT2D eigenvalue weighted by Crippen LogP contribution is 2.50. The second-order valence-electron chi connectivity index (χ2n) is 11.3. The van der Waals surface area contributed by atoms with E-state index in [0.717, 1.165) is 0 Å². The molecule has 0 atom stereocenters. The Morgan fingerprint density at radius 1 is 0.391 bits per heavy atom. The van der Waals surface area contributed by atoms with E-state index in [9.17, 15) is 29.4 Å². The molecule has 6 nitrogen and oxygen atoms in total. The summed E-state index contributed by atoms with van der Waals surface area (Å²) in [5.74, 6) is -2.17. The SMILES string of the molecule is O=C1C=C(c2cc3ccccc3c(-c3c(O)c(C4=CC(=O)c5ccccc5C4=O)cc4ccccc34)c2O)C(=O)c2ccccc21. The number of fused-ring (bicyclic) bond motifs is 4. The molecule has 0 amide bonds. The summed E-state index contributed by atoms with van der Waals surface area (Å²) in [5, 5.41) is 26.6.